The van der Waals surface area contributed by atoms with Crippen LogP contribution in [0.2, 0.25) is 0 Å². The van der Waals surface area contributed by atoms with E-state index in [1.54, 1.807) is 7.05 Å². The number of aryl methyl sites for hydroxylation is 1. The molecular formula is C11H13N5O4S2. The maximum atomic E-state index is 11.7. The number of β-lactam (4-membered cyclic amide) rings is 1. The molecule has 0 aliphatic carbocycles. The van der Waals surface area contributed by atoms with Crippen LogP contribution >= 0.6 is 23.5 Å². The van der Waals surface area contributed by atoms with Gasteiger partial charge in [0.15, 0.2) is 0 Å². The second-order valence-corrected chi connectivity index (χ2v) is 6.87. The van der Waals surface area contributed by atoms with Gasteiger partial charge in [0.1, 0.15) is 11.1 Å². The van der Waals surface area contributed by atoms with E-state index < -0.39 is 11.4 Å². The molecule has 3 heterocycles. The Balaban J connectivity index is 1.91. The molecule has 0 bridgehead atoms. The summed E-state index contributed by atoms with van der Waals surface area (Å²) in [5.41, 5.74) is 0.181. The molecule has 1 unspecified atom stereocenters. The van der Waals surface area contributed by atoms with E-state index in [4.69, 9.17) is 4.74 Å². The van der Waals surface area contributed by atoms with Gasteiger partial charge < -0.3 is 9.84 Å². The second-order valence-electron chi connectivity index (χ2n) is 4.68. The van der Waals surface area contributed by atoms with Crippen LogP contribution in [0.1, 0.15) is 6.42 Å². The zero-order chi connectivity index (χ0) is 15.9. The summed E-state index contributed by atoms with van der Waals surface area (Å²) >= 11 is 2.75. The van der Waals surface area contributed by atoms with Crippen molar-refractivity contribution in [2.24, 2.45) is 7.05 Å². The van der Waals surface area contributed by atoms with Crippen molar-refractivity contribution in [3.05, 3.63) is 11.3 Å². The summed E-state index contributed by atoms with van der Waals surface area (Å²) in [6.07, 6.45) is 0.342. The Kier molecular flexibility index (Phi) is 4.10. The number of aliphatic carboxylic acids is 1. The van der Waals surface area contributed by atoms with Crippen LogP contribution in [0.15, 0.2) is 16.4 Å². The number of ether oxygens (including phenoxy) is 1. The van der Waals surface area contributed by atoms with Gasteiger partial charge in [0.25, 0.3) is 0 Å². The molecule has 1 amide bonds. The van der Waals surface area contributed by atoms with Crippen LogP contribution in [-0.4, -0.2) is 65.8 Å². The first-order valence-electron chi connectivity index (χ1n) is 6.34. The molecule has 9 nitrogen and oxygen atoms in total. The van der Waals surface area contributed by atoms with E-state index >= 15 is 0 Å². The Labute approximate surface area is 134 Å². The lowest BCUT2D eigenvalue weighted by atomic mass is 10.1. The molecule has 1 fully saturated rings. The Morgan fingerprint density at radius 1 is 1.59 bits per heavy atom. The number of carbonyl (C=O) groups excluding carboxylic acids is 1. The molecule has 1 saturated heterocycles. The zero-order valence-electron chi connectivity index (χ0n) is 11.8. The van der Waals surface area contributed by atoms with Crippen LogP contribution < -0.4 is 0 Å². The fraction of sp³-hybridized carbons (Fsp3) is 0.545. The van der Waals surface area contributed by atoms with Gasteiger partial charge in [0, 0.05) is 25.5 Å². The predicted octanol–water partition coefficient (Wildman–Crippen LogP) is -0.0814. The Morgan fingerprint density at radius 3 is 2.91 bits per heavy atom. The van der Waals surface area contributed by atoms with Gasteiger partial charge in [-0.15, -0.1) is 16.9 Å². The molecule has 2 aliphatic rings. The van der Waals surface area contributed by atoms with Gasteiger partial charge in [-0.25, -0.2) is 9.48 Å². The number of amides is 1. The molecule has 11 heteroatoms. The number of rotatable bonds is 5. The smallest absolute Gasteiger partial charge is 0.352 e. The van der Waals surface area contributed by atoms with Crippen LogP contribution in [0.5, 0.6) is 0 Å². The lowest BCUT2D eigenvalue weighted by Gasteiger charge is -2.46. The minimum absolute atomic E-state index is 0.0227. The zero-order valence-corrected chi connectivity index (χ0v) is 13.4. The molecule has 2 atom stereocenters. The van der Waals surface area contributed by atoms with Crippen molar-refractivity contribution in [3.63, 3.8) is 0 Å². The topological polar surface area (TPSA) is 110 Å². The van der Waals surface area contributed by atoms with E-state index in [2.05, 4.69) is 15.5 Å². The van der Waals surface area contributed by atoms with E-state index in [-0.39, 0.29) is 17.0 Å². The summed E-state index contributed by atoms with van der Waals surface area (Å²) in [6.45, 7) is 0. The fourth-order valence-electron chi connectivity index (χ4n) is 2.32. The van der Waals surface area contributed by atoms with Gasteiger partial charge in [0.05, 0.1) is 11.8 Å². The molecule has 0 spiro atoms. The van der Waals surface area contributed by atoms with Gasteiger partial charge in [-0.3, -0.25) is 9.69 Å². The summed E-state index contributed by atoms with van der Waals surface area (Å²) < 4.78 is 6.91. The van der Waals surface area contributed by atoms with Gasteiger partial charge in [-0.1, -0.05) is 11.8 Å². The summed E-state index contributed by atoms with van der Waals surface area (Å²) in [6, 6.07) is 0. The Hall–Kier alpha value is -1.59. The lowest BCUT2D eigenvalue weighted by Crippen LogP contribution is -2.55. The number of thioether (sulfide) groups is 2. The lowest BCUT2D eigenvalue weighted by molar-refractivity contribution is -0.146. The summed E-state index contributed by atoms with van der Waals surface area (Å²) in [7, 11) is 3.23. The molecule has 0 radical (unpaired) electrons. The predicted molar refractivity (Wildman–Crippen MR) is 77.8 cm³/mol. The van der Waals surface area contributed by atoms with Gasteiger partial charge in [-0.2, -0.15) is 0 Å². The number of nitrogens with zero attached hydrogens (tertiary/aromatic N) is 5. The normalized spacial score (nSPS) is 24.3. The van der Waals surface area contributed by atoms with Crippen molar-refractivity contribution >= 4 is 35.4 Å². The molecule has 118 valence electrons. The van der Waals surface area contributed by atoms with Crippen molar-refractivity contribution in [3.8, 4) is 0 Å². The van der Waals surface area contributed by atoms with E-state index in [1.165, 1.54) is 40.2 Å². The van der Waals surface area contributed by atoms with Gasteiger partial charge in [-0.05, 0) is 10.4 Å². The van der Waals surface area contributed by atoms with Crippen molar-refractivity contribution in [1.29, 1.82) is 0 Å². The van der Waals surface area contributed by atoms with Crippen LogP contribution in [0.4, 0.5) is 0 Å². The minimum Gasteiger partial charge on any atom is -0.477 e. The van der Waals surface area contributed by atoms with E-state index in [0.29, 0.717) is 22.9 Å². The largest absolute Gasteiger partial charge is 0.477 e. The van der Waals surface area contributed by atoms with Gasteiger partial charge in [0.2, 0.25) is 11.1 Å². The molecule has 3 rings (SSSR count). The molecular weight excluding hydrogens is 330 g/mol. The number of tetrazole rings is 1. The summed E-state index contributed by atoms with van der Waals surface area (Å²) in [5.74, 6) is -0.961. The first-order valence-corrected chi connectivity index (χ1v) is 8.27. The molecule has 1 N–H and O–H groups in total. The quantitative estimate of drug-likeness (QED) is 0.579. The third kappa shape index (κ3) is 2.48. The first kappa shape index (κ1) is 15.3. The summed E-state index contributed by atoms with van der Waals surface area (Å²) in [5, 5.41) is 21.0. The Bertz CT molecular complexity index is 661. The van der Waals surface area contributed by atoms with Gasteiger partial charge >= 0.3 is 5.97 Å². The highest BCUT2D eigenvalue weighted by Gasteiger charge is 2.48. The molecule has 0 saturated carbocycles. The van der Waals surface area contributed by atoms with Crippen molar-refractivity contribution in [2.75, 3.05) is 12.9 Å². The number of carboxylic acid groups (broad SMARTS) is 1. The minimum atomic E-state index is -1.12. The number of methoxy groups -OCH3 is 1. The highest BCUT2D eigenvalue weighted by atomic mass is 32.2. The third-order valence-corrected chi connectivity index (χ3v) is 5.85. The molecule has 1 aromatic heterocycles. The molecule has 22 heavy (non-hydrogen) atoms. The first-order chi connectivity index (χ1) is 10.5. The maximum absolute atomic E-state index is 11.7. The standard InChI is InChI=1S/C11H13N5O4S2/c1-15-11(12-13-14-15)21-4-5-8(9(18)19)16-6(17)3-7(16)22-10(5)20-2/h7,10H,3-4H2,1-2H3,(H,18,19)/t7-,10?/m1/s1. The third-order valence-electron chi connectivity index (χ3n) is 3.37. The number of aromatic nitrogens is 4. The number of hydrogen-bond donors (Lipinski definition) is 1. The highest BCUT2D eigenvalue weighted by Crippen LogP contribution is 2.45. The van der Waals surface area contributed by atoms with Crippen molar-refractivity contribution in [1.82, 2.24) is 25.1 Å². The SMILES string of the molecule is COC1S[C@@H]2CC(=O)N2C(C(=O)O)=C1CSc1nnnn1C. The van der Waals surface area contributed by atoms with Crippen LogP contribution in [0, 0.1) is 0 Å². The van der Waals surface area contributed by atoms with Crippen LogP contribution in [0.25, 0.3) is 0 Å². The second kappa shape index (κ2) is 5.89. The highest BCUT2D eigenvalue weighted by molar-refractivity contribution is 8.01. The Morgan fingerprint density at radius 2 is 2.36 bits per heavy atom. The van der Waals surface area contributed by atoms with Crippen molar-refractivity contribution < 1.29 is 19.4 Å². The summed E-state index contributed by atoms with van der Waals surface area (Å²) in [4.78, 5) is 24.7. The van der Waals surface area contributed by atoms with Crippen LogP contribution in [-0.2, 0) is 21.4 Å². The molecule has 1 aromatic rings. The van der Waals surface area contributed by atoms with E-state index in [9.17, 15) is 14.7 Å². The number of carboxylic acids is 1. The average Bonchev–Trinajstić information content (AvgIpc) is 2.88. The van der Waals surface area contributed by atoms with Crippen LogP contribution in [0.3, 0.4) is 0 Å². The maximum Gasteiger partial charge on any atom is 0.352 e. The average molecular weight is 343 g/mol. The number of fused-ring (bicyclic) bond motifs is 1. The number of hydrogen-bond acceptors (Lipinski definition) is 8. The molecule has 0 aromatic carbocycles. The fourth-order valence-corrected chi connectivity index (χ4v) is 4.65. The monoisotopic (exact) mass is 343 g/mol. The van der Waals surface area contributed by atoms with E-state index in [1.807, 2.05) is 0 Å². The van der Waals surface area contributed by atoms with E-state index in [0.717, 1.165) is 0 Å². The molecule has 2 aliphatic heterocycles. The van der Waals surface area contributed by atoms with Crippen molar-refractivity contribution in [2.45, 2.75) is 22.4 Å². The number of carbonyl (C=O) groups is 2.